The molecule has 0 atom stereocenters. The molecule has 0 aliphatic carbocycles. The highest BCUT2D eigenvalue weighted by molar-refractivity contribution is 5.81. The minimum absolute atomic E-state index is 0.0991. The number of aromatic amines is 1. The molecule has 0 unspecified atom stereocenters. The molecule has 0 aliphatic rings. The third-order valence-corrected chi connectivity index (χ3v) is 2.70. The van der Waals surface area contributed by atoms with Crippen LogP contribution in [-0.2, 0) is 6.54 Å². The number of benzene rings is 1. The van der Waals surface area contributed by atoms with E-state index in [0.29, 0.717) is 22.5 Å². The predicted octanol–water partition coefficient (Wildman–Crippen LogP) is 1.81. The molecule has 0 radical (unpaired) electrons. The van der Waals surface area contributed by atoms with Crippen LogP contribution < -0.4 is 5.32 Å². The molecule has 3 N–H and O–H groups in total. The van der Waals surface area contributed by atoms with Crippen LogP contribution in [0.4, 0.5) is 10.2 Å². The number of nitrogens with zero attached hydrogens (tertiary/aromatic N) is 3. The number of hydrogen-bond donors (Lipinski definition) is 3. The van der Waals surface area contributed by atoms with Gasteiger partial charge in [0.15, 0.2) is 11.5 Å². The molecule has 6 nitrogen and oxygen atoms in total. The molecule has 2 heterocycles. The monoisotopic (exact) mass is 259 g/mol. The van der Waals surface area contributed by atoms with Crippen molar-refractivity contribution in [3.63, 3.8) is 0 Å². The summed E-state index contributed by atoms with van der Waals surface area (Å²) < 4.78 is 13.6. The Morgan fingerprint density at radius 3 is 3.00 bits per heavy atom. The van der Waals surface area contributed by atoms with Crippen LogP contribution in [0.25, 0.3) is 11.2 Å². The fourth-order valence-corrected chi connectivity index (χ4v) is 1.75. The van der Waals surface area contributed by atoms with Gasteiger partial charge in [-0.15, -0.1) is 0 Å². The van der Waals surface area contributed by atoms with Crippen molar-refractivity contribution in [2.75, 3.05) is 5.32 Å². The first-order valence-corrected chi connectivity index (χ1v) is 5.59. The second-order valence-corrected chi connectivity index (χ2v) is 3.95. The van der Waals surface area contributed by atoms with Crippen molar-refractivity contribution >= 4 is 17.0 Å². The Labute approximate surface area is 107 Å². The maximum absolute atomic E-state index is 13.6. The molecule has 1 aromatic carbocycles. The maximum Gasteiger partial charge on any atom is 0.162 e. The van der Waals surface area contributed by atoms with E-state index in [9.17, 15) is 4.39 Å². The van der Waals surface area contributed by atoms with E-state index in [4.69, 9.17) is 5.11 Å². The summed E-state index contributed by atoms with van der Waals surface area (Å²) >= 11 is 0. The molecular weight excluding hydrogens is 249 g/mol. The maximum atomic E-state index is 13.6. The van der Waals surface area contributed by atoms with Crippen LogP contribution in [0, 0.1) is 5.82 Å². The van der Waals surface area contributed by atoms with Crippen molar-refractivity contribution in [2.24, 2.45) is 0 Å². The molecule has 0 saturated heterocycles. The van der Waals surface area contributed by atoms with E-state index in [2.05, 4.69) is 25.3 Å². The standard InChI is InChI=1S/C12H10FN5O/c13-9-3-8(19)2-1-7(9)4-14-11-10-12(16-5-15-10)18-6-17-11/h1-3,5-6,19H,4H2,(H2,14,15,16,17,18). The van der Waals surface area contributed by atoms with Gasteiger partial charge < -0.3 is 15.4 Å². The minimum Gasteiger partial charge on any atom is -0.508 e. The van der Waals surface area contributed by atoms with E-state index in [1.165, 1.54) is 24.8 Å². The smallest absolute Gasteiger partial charge is 0.162 e. The Kier molecular flexibility index (Phi) is 2.71. The lowest BCUT2D eigenvalue weighted by Gasteiger charge is -2.07. The van der Waals surface area contributed by atoms with Gasteiger partial charge in [-0.3, -0.25) is 0 Å². The van der Waals surface area contributed by atoms with Crippen LogP contribution in [0.1, 0.15) is 5.56 Å². The topological polar surface area (TPSA) is 86.7 Å². The van der Waals surface area contributed by atoms with Gasteiger partial charge in [0.25, 0.3) is 0 Å². The number of aromatic hydroxyl groups is 1. The largest absolute Gasteiger partial charge is 0.508 e. The number of fused-ring (bicyclic) bond motifs is 1. The summed E-state index contributed by atoms with van der Waals surface area (Å²) in [7, 11) is 0. The molecule has 0 spiro atoms. The summed E-state index contributed by atoms with van der Waals surface area (Å²) in [6.07, 6.45) is 2.92. The quantitative estimate of drug-likeness (QED) is 0.667. The summed E-state index contributed by atoms with van der Waals surface area (Å²) in [6, 6.07) is 4.02. The number of H-pyrrole nitrogens is 1. The average Bonchev–Trinajstić information content (AvgIpc) is 2.86. The van der Waals surface area contributed by atoms with Crippen LogP contribution in [0.2, 0.25) is 0 Å². The zero-order valence-corrected chi connectivity index (χ0v) is 9.76. The number of aromatic nitrogens is 4. The molecule has 7 heteroatoms. The van der Waals surface area contributed by atoms with Gasteiger partial charge in [0, 0.05) is 18.2 Å². The average molecular weight is 259 g/mol. The van der Waals surface area contributed by atoms with Gasteiger partial charge in [-0.25, -0.2) is 19.3 Å². The van der Waals surface area contributed by atoms with Gasteiger partial charge in [-0.1, -0.05) is 6.07 Å². The molecule has 96 valence electrons. The fraction of sp³-hybridized carbons (Fsp3) is 0.0833. The van der Waals surface area contributed by atoms with E-state index in [1.807, 2.05) is 0 Å². The van der Waals surface area contributed by atoms with Crippen molar-refractivity contribution in [2.45, 2.75) is 6.54 Å². The zero-order chi connectivity index (χ0) is 13.2. The van der Waals surface area contributed by atoms with E-state index in [-0.39, 0.29) is 12.3 Å². The van der Waals surface area contributed by atoms with E-state index >= 15 is 0 Å². The number of halogens is 1. The molecule has 3 rings (SSSR count). The van der Waals surface area contributed by atoms with Gasteiger partial charge in [0.05, 0.1) is 6.33 Å². The Morgan fingerprint density at radius 2 is 2.16 bits per heavy atom. The molecule has 0 aliphatic heterocycles. The lowest BCUT2D eigenvalue weighted by molar-refractivity contribution is 0.468. The molecule has 2 aromatic heterocycles. The van der Waals surface area contributed by atoms with E-state index in [0.717, 1.165) is 6.07 Å². The SMILES string of the molecule is Oc1ccc(CNc2ncnc3[nH]cnc23)c(F)c1. The van der Waals surface area contributed by atoms with Gasteiger partial charge in [-0.2, -0.15) is 0 Å². The molecule has 0 bridgehead atoms. The predicted molar refractivity (Wildman–Crippen MR) is 67.1 cm³/mol. The Hall–Kier alpha value is -2.70. The highest BCUT2D eigenvalue weighted by Gasteiger charge is 2.07. The number of phenolic OH excluding ortho intramolecular Hbond substituents is 1. The number of nitrogens with one attached hydrogen (secondary N) is 2. The van der Waals surface area contributed by atoms with Crippen molar-refractivity contribution < 1.29 is 9.50 Å². The second-order valence-electron chi connectivity index (χ2n) is 3.95. The fourth-order valence-electron chi connectivity index (χ4n) is 1.75. The molecule has 0 saturated carbocycles. The Balaban J connectivity index is 1.84. The van der Waals surface area contributed by atoms with Crippen LogP contribution in [0.3, 0.4) is 0 Å². The summed E-state index contributed by atoms with van der Waals surface area (Å²) in [5, 5.41) is 12.1. The van der Waals surface area contributed by atoms with Gasteiger partial charge >= 0.3 is 0 Å². The van der Waals surface area contributed by atoms with Crippen LogP contribution in [-0.4, -0.2) is 25.0 Å². The molecule has 0 fully saturated rings. The summed E-state index contributed by atoms with van der Waals surface area (Å²) in [5.41, 5.74) is 1.64. The van der Waals surface area contributed by atoms with E-state index < -0.39 is 5.82 Å². The second kappa shape index (κ2) is 4.52. The first kappa shape index (κ1) is 11.4. The number of anilines is 1. The van der Waals surface area contributed by atoms with Crippen LogP contribution in [0.5, 0.6) is 5.75 Å². The molecule has 3 aromatic rings. The Morgan fingerprint density at radius 1 is 1.26 bits per heavy atom. The van der Waals surface area contributed by atoms with Gasteiger partial charge in [0.2, 0.25) is 0 Å². The van der Waals surface area contributed by atoms with Crippen LogP contribution >= 0.6 is 0 Å². The van der Waals surface area contributed by atoms with Crippen molar-refractivity contribution in [3.8, 4) is 5.75 Å². The number of imidazole rings is 1. The zero-order valence-electron chi connectivity index (χ0n) is 9.76. The van der Waals surface area contributed by atoms with Crippen molar-refractivity contribution in [1.29, 1.82) is 0 Å². The first-order chi connectivity index (χ1) is 9.24. The van der Waals surface area contributed by atoms with Crippen molar-refractivity contribution in [3.05, 3.63) is 42.2 Å². The lowest BCUT2D eigenvalue weighted by Crippen LogP contribution is -2.04. The highest BCUT2D eigenvalue weighted by atomic mass is 19.1. The molecular formula is C12H10FN5O. The summed E-state index contributed by atoms with van der Waals surface area (Å²) in [4.78, 5) is 15.0. The summed E-state index contributed by atoms with van der Waals surface area (Å²) in [6.45, 7) is 0.241. The first-order valence-electron chi connectivity index (χ1n) is 5.59. The molecule has 0 amide bonds. The number of hydrogen-bond acceptors (Lipinski definition) is 5. The van der Waals surface area contributed by atoms with Gasteiger partial charge in [-0.05, 0) is 6.07 Å². The van der Waals surface area contributed by atoms with Crippen LogP contribution in [0.15, 0.2) is 30.9 Å². The number of phenols is 1. The van der Waals surface area contributed by atoms with E-state index in [1.54, 1.807) is 0 Å². The van der Waals surface area contributed by atoms with Gasteiger partial charge in [0.1, 0.15) is 23.4 Å². The number of rotatable bonds is 3. The normalized spacial score (nSPS) is 10.8. The third-order valence-electron chi connectivity index (χ3n) is 2.70. The Bertz CT molecular complexity index is 727. The van der Waals surface area contributed by atoms with Crippen molar-refractivity contribution in [1.82, 2.24) is 19.9 Å². The highest BCUT2D eigenvalue weighted by Crippen LogP contribution is 2.18. The summed E-state index contributed by atoms with van der Waals surface area (Å²) in [5.74, 6) is -0.0449. The molecule has 19 heavy (non-hydrogen) atoms. The lowest BCUT2D eigenvalue weighted by atomic mass is 10.2. The third kappa shape index (κ3) is 2.17. The minimum atomic E-state index is -0.472.